The summed E-state index contributed by atoms with van der Waals surface area (Å²) in [5.41, 5.74) is 5.23. The molecule has 0 radical (unpaired) electrons. The smallest absolute Gasteiger partial charge is 0.339 e. The zero-order valence-corrected chi connectivity index (χ0v) is 23.1. The summed E-state index contributed by atoms with van der Waals surface area (Å²) < 4.78 is 11.9. The summed E-state index contributed by atoms with van der Waals surface area (Å²) in [6.07, 6.45) is 5.25. The van der Waals surface area contributed by atoms with Crippen molar-refractivity contribution in [3.8, 4) is 5.75 Å². The summed E-state index contributed by atoms with van der Waals surface area (Å²) in [7, 11) is 0. The van der Waals surface area contributed by atoms with Crippen molar-refractivity contribution >= 4 is 16.9 Å². The number of hydrogen-bond acceptors (Lipinski definition) is 5. The summed E-state index contributed by atoms with van der Waals surface area (Å²) in [6.45, 7) is 9.62. The molecule has 1 aliphatic heterocycles. The number of carbonyl (C=O) groups is 1. The van der Waals surface area contributed by atoms with Gasteiger partial charge in [0, 0.05) is 41.9 Å². The Hall–Kier alpha value is -3.12. The van der Waals surface area contributed by atoms with Crippen LogP contribution in [0.3, 0.4) is 0 Å². The van der Waals surface area contributed by atoms with E-state index in [2.05, 4.69) is 32.0 Å². The Morgan fingerprint density at radius 1 is 1.08 bits per heavy atom. The molecule has 1 saturated carbocycles. The Bertz CT molecular complexity index is 1400. The fourth-order valence-electron chi connectivity index (χ4n) is 6.52. The normalized spacial score (nSPS) is 21.4. The maximum atomic E-state index is 13.1. The maximum Gasteiger partial charge on any atom is 0.339 e. The van der Waals surface area contributed by atoms with Crippen LogP contribution in [0.5, 0.6) is 5.75 Å². The van der Waals surface area contributed by atoms with Gasteiger partial charge >= 0.3 is 5.63 Å². The van der Waals surface area contributed by atoms with Gasteiger partial charge in [0.25, 0.3) is 0 Å². The molecule has 0 bridgehead atoms. The molecule has 3 aromatic rings. The van der Waals surface area contributed by atoms with Crippen molar-refractivity contribution in [1.29, 1.82) is 0 Å². The number of rotatable bonds is 6. The molecule has 38 heavy (non-hydrogen) atoms. The van der Waals surface area contributed by atoms with E-state index in [-0.39, 0.29) is 18.2 Å². The number of likely N-dealkylation sites (tertiary alicyclic amines) is 1. The third-order valence-corrected chi connectivity index (χ3v) is 8.70. The molecular weight excluding hydrogens is 478 g/mol. The lowest BCUT2D eigenvalue weighted by atomic mass is 9.71. The predicted molar refractivity (Wildman–Crippen MR) is 149 cm³/mol. The molecule has 2 aromatic carbocycles. The molecule has 1 saturated heterocycles. The third-order valence-electron chi connectivity index (χ3n) is 8.70. The highest BCUT2D eigenvalue weighted by Crippen LogP contribution is 2.40. The van der Waals surface area contributed by atoms with Crippen LogP contribution in [-0.2, 0) is 17.8 Å². The molecule has 5 rings (SSSR count). The highest BCUT2D eigenvalue weighted by molar-refractivity contribution is 5.86. The number of amides is 1. The molecule has 2 aliphatic rings. The van der Waals surface area contributed by atoms with E-state index in [0.29, 0.717) is 49.4 Å². The molecule has 6 heteroatoms. The lowest BCUT2D eigenvalue weighted by Crippen LogP contribution is -2.54. The van der Waals surface area contributed by atoms with Crippen molar-refractivity contribution < 1.29 is 19.1 Å². The van der Waals surface area contributed by atoms with Crippen LogP contribution in [0.4, 0.5) is 0 Å². The number of piperidine rings is 1. The Labute approximate surface area is 224 Å². The van der Waals surface area contributed by atoms with Crippen LogP contribution in [0, 0.1) is 33.6 Å². The average molecular weight is 518 g/mol. The van der Waals surface area contributed by atoms with Gasteiger partial charge in [-0.2, -0.15) is 0 Å². The standard InChI is InChI=1S/C32H39NO5/c1-20-15-21(2)17-24(16-20)19-37-28-10-8-26-22(3)27(31(35)38-30(26)23(28)4)9-11-29(34)33-14-13-32(36)12-6-5-7-25(32)18-33/h8,10,15-17,25,36H,5-7,9,11-14,18-19H2,1-4H3. The fourth-order valence-corrected chi connectivity index (χ4v) is 6.52. The van der Waals surface area contributed by atoms with E-state index in [0.717, 1.165) is 47.8 Å². The number of nitrogens with zero attached hydrogens (tertiary/aromatic N) is 1. The second-order valence-corrected chi connectivity index (χ2v) is 11.5. The van der Waals surface area contributed by atoms with E-state index in [1.54, 1.807) is 0 Å². The van der Waals surface area contributed by atoms with Gasteiger partial charge in [-0.15, -0.1) is 0 Å². The first-order valence-corrected chi connectivity index (χ1v) is 13.9. The number of benzene rings is 2. The van der Waals surface area contributed by atoms with E-state index < -0.39 is 11.2 Å². The van der Waals surface area contributed by atoms with Gasteiger partial charge in [0.05, 0.1) is 5.60 Å². The quantitative estimate of drug-likeness (QED) is 0.425. The van der Waals surface area contributed by atoms with Crippen molar-refractivity contribution in [2.45, 2.75) is 84.8 Å². The molecule has 2 fully saturated rings. The summed E-state index contributed by atoms with van der Waals surface area (Å²) in [5, 5.41) is 11.8. The Balaban J connectivity index is 1.29. The average Bonchev–Trinajstić information content (AvgIpc) is 2.87. The summed E-state index contributed by atoms with van der Waals surface area (Å²) in [4.78, 5) is 28.0. The molecule has 1 aromatic heterocycles. The van der Waals surface area contributed by atoms with Crippen LogP contribution in [0.1, 0.15) is 71.9 Å². The number of hydrogen-bond donors (Lipinski definition) is 1. The molecule has 1 N–H and O–H groups in total. The molecular formula is C32H39NO5. The fraction of sp³-hybridized carbons (Fsp3) is 0.500. The summed E-state index contributed by atoms with van der Waals surface area (Å²) in [6, 6.07) is 10.2. The number of fused-ring (bicyclic) bond motifs is 2. The van der Waals surface area contributed by atoms with Crippen LogP contribution in [0.25, 0.3) is 11.0 Å². The first-order valence-electron chi connectivity index (χ1n) is 13.9. The van der Waals surface area contributed by atoms with Gasteiger partial charge in [0.1, 0.15) is 17.9 Å². The van der Waals surface area contributed by atoms with Crippen LogP contribution >= 0.6 is 0 Å². The van der Waals surface area contributed by atoms with Crippen molar-refractivity contribution in [2.24, 2.45) is 5.92 Å². The summed E-state index contributed by atoms with van der Waals surface area (Å²) >= 11 is 0. The van der Waals surface area contributed by atoms with Crippen LogP contribution in [0.2, 0.25) is 0 Å². The van der Waals surface area contributed by atoms with Gasteiger partial charge in [-0.3, -0.25) is 4.79 Å². The van der Waals surface area contributed by atoms with Gasteiger partial charge in [0.15, 0.2) is 0 Å². The molecule has 2 heterocycles. The molecule has 1 amide bonds. The maximum absolute atomic E-state index is 13.1. The molecule has 0 spiro atoms. The Kier molecular flexibility index (Phi) is 7.36. The van der Waals surface area contributed by atoms with Crippen LogP contribution in [-0.4, -0.2) is 34.6 Å². The monoisotopic (exact) mass is 517 g/mol. The lowest BCUT2D eigenvalue weighted by Gasteiger charge is -2.47. The van der Waals surface area contributed by atoms with E-state index in [1.165, 1.54) is 11.1 Å². The van der Waals surface area contributed by atoms with E-state index in [9.17, 15) is 14.7 Å². The van der Waals surface area contributed by atoms with Gasteiger partial charge < -0.3 is 19.2 Å². The minimum absolute atomic E-state index is 0.0443. The number of aryl methyl sites for hydroxylation is 4. The molecule has 6 nitrogen and oxygen atoms in total. The molecule has 2 unspecified atom stereocenters. The topological polar surface area (TPSA) is 80.0 Å². The second-order valence-electron chi connectivity index (χ2n) is 11.5. The number of carbonyl (C=O) groups excluding carboxylic acids is 1. The highest BCUT2D eigenvalue weighted by Gasteiger charge is 2.43. The van der Waals surface area contributed by atoms with Crippen molar-refractivity contribution in [3.05, 3.63) is 74.1 Å². The lowest BCUT2D eigenvalue weighted by molar-refractivity contribution is -0.143. The van der Waals surface area contributed by atoms with E-state index >= 15 is 0 Å². The Morgan fingerprint density at radius 3 is 2.61 bits per heavy atom. The van der Waals surface area contributed by atoms with Gasteiger partial charge in [0.2, 0.25) is 5.91 Å². The zero-order chi connectivity index (χ0) is 27.0. The van der Waals surface area contributed by atoms with Gasteiger partial charge in [-0.05, 0) is 76.6 Å². The zero-order valence-electron chi connectivity index (χ0n) is 23.1. The number of ether oxygens (including phenoxy) is 1. The van der Waals surface area contributed by atoms with E-state index in [4.69, 9.17) is 9.15 Å². The predicted octanol–water partition coefficient (Wildman–Crippen LogP) is 5.69. The summed E-state index contributed by atoms with van der Waals surface area (Å²) in [5.74, 6) is 0.897. The first-order chi connectivity index (χ1) is 18.1. The van der Waals surface area contributed by atoms with Crippen molar-refractivity contribution in [2.75, 3.05) is 13.1 Å². The molecule has 2 atom stereocenters. The van der Waals surface area contributed by atoms with Gasteiger partial charge in [-0.1, -0.05) is 42.2 Å². The van der Waals surface area contributed by atoms with Crippen molar-refractivity contribution in [3.63, 3.8) is 0 Å². The third kappa shape index (κ3) is 5.24. The van der Waals surface area contributed by atoms with E-state index in [1.807, 2.05) is 30.9 Å². The van der Waals surface area contributed by atoms with Crippen LogP contribution in [0.15, 0.2) is 39.5 Å². The minimum atomic E-state index is -0.607. The molecule has 1 aliphatic carbocycles. The van der Waals surface area contributed by atoms with Crippen molar-refractivity contribution in [1.82, 2.24) is 4.90 Å². The SMILES string of the molecule is Cc1cc(C)cc(COc2ccc3c(C)c(CCC(=O)N4CCC5(O)CCCCC5C4)c(=O)oc3c2C)c1. The Morgan fingerprint density at radius 2 is 1.84 bits per heavy atom. The number of aliphatic hydroxyl groups is 1. The minimum Gasteiger partial charge on any atom is -0.488 e. The molecule has 202 valence electrons. The second kappa shape index (κ2) is 10.6. The largest absolute Gasteiger partial charge is 0.488 e. The van der Waals surface area contributed by atoms with Crippen LogP contribution < -0.4 is 10.4 Å². The first kappa shape index (κ1) is 26.5. The van der Waals surface area contributed by atoms with Gasteiger partial charge in [-0.25, -0.2) is 4.79 Å². The highest BCUT2D eigenvalue weighted by atomic mass is 16.5.